The van der Waals surface area contributed by atoms with E-state index in [4.69, 9.17) is 4.42 Å². The van der Waals surface area contributed by atoms with E-state index in [-0.39, 0.29) is 23.5 Å². The van der Waals surface area contributed by atoms with Crippen LogP contribution in [0.5, 0.6) is 0 Å². The molecule has 0 bridgehead atoms. The Balaban J connectivity index is 1.61. The van der Waals surface area contributed by atoms with Crippen molar-refractivity contribution in [1.82, 2.24) is 10.2 Å². The van der Waals surface area contributed by atoms with Gasteiger partial charge in [0, 0.05) is 6.07 Å². The summed E-state index contributed by atoms with van der Waals surface area (Å²) in [6.07, 6.45) is 3.95. The molecular weight excluding hydrogens is 344 g/mol. The minimum Gasteiger partial charge on any atom is -0.459 e. The van der Waals surface area contributed by atoms with Gasteiger partial charge in [0.15, 0.2) is 5.76 Å². The number of carbonyl (C=O) groups excluding carboxylic acids is 2. The summed E-state index contributed by atoms with van der Waals surface area (Å²) >= 11 is 0. The lowest BCUT2D eigenvalue weighted by molar-refractivity contribution is -0.364. The Bertz CT molecular complexity index is 738. The van der Waals surface area contributed by atoms with Crippen LogP contribution in [0.15, 0.2) is 47.2 Å². The van der Waals surface area contributed by atoms with Gasteiger partial charge in [0.1, 0.15) is 19.1 Å². The Morgan fingerprint density at radius 3 is 2.52 bits per heavy atom. The number of amides is 2. The molecule has 0 saturated carbocycles. The first-order chi connectivity index (χ1) is 13.0. The fourth-order valence-electron chi connectivity index (χ4n) is 3.30. The van der Waals surface area contributed by atoms with Gasteiger partial charge in [-0.3, -0.25) is 14.5 Å². The van der Waals surface area contributed by atoms with Crippen LogP contribution in [-0.2, 0) is 4.79 Å². The third-order valence-corrected chi connectivity index (χ3v) is 4.68. The average molecular weight is 371 g/mol. The lowest BCUT2D eigenvalue weighted by Gasteiger charge is -2.33. The van der Waals surface area contributed by atoms with Crippen LogP contribution in [0.1, 0.15) is 30.8 Å². The third-order valence-electron chi connectivity index (χ3n) is 4.68. The van der Waals surface area contributed by atoms with Crippen LogP contribution in [0.2, 0.25) is 0 Å². The van der Waals surface area contributed by atoms with Gasteiger partial charge in [0.2, 0.25) is 5.91 Å². The van der Waals surface area contributed by atoms with Gasteiger partial charge in [-0.15, -0.1) is 0 Å². The van der Waals surface area contributed by atoms with E-state index in [1.807, 2.05) is 43.1 Å². The van der Waals surface area contributed by atoms with E-state index in [0.717, 1.165) is 18.9 Å². The Labute approximate surface area is 159 Å². The highest BCUT2D eigenvalue weighted by atomic mass is 16.3. The summed E-state index contributed by atoms with van der Waals surface area (Å²) in [6.45, 7) is 6.87. The first kappa shape index (κ1) is 18.9. The topological polar surface area (TPSA) is 79.9 Å². The zero-order chi connectivity index (χ0) is 19.2. The number of H-pyrrole nitrogens is 1. The van der Waals surface area contributed by atoms with Crippen molar-refractivity contribution in [2.75, 3.05) is 31.1 Å². The normalized spacial score (nSPS) is 15.7. The van der Waals surface area contributed by atoms with Gasteiger partial charge in [-0.05, 0) is 30.5 Å². The second kappa shape index (κ2) is 8.70. The van der Waals surface area contributed by atoms with Crippen molar-refractivity contribution in [3.8, 4) is 0 Å². The van der Waals surface area contributed by atoms with E-state index in [0.29, 0.717) is 19.5 Å². The van der Waals surface area contributed by atoms with E-state index in [1.54, 1.807) is 12.1 Å². The molecule has 3 heterocycles. The maximum absolute atomic E-state index is 13.0. The van der Waals surface area contributed by atoms with Crippen LogP contribution >= 0.6 is 0 Å². The summed E-state index contributed by atoms with van der Waals surface area (Å²) in [7, 11) is 0. The van der Waals surface area contributed by atoms with Crippen molar-refractivity contribution < 1.29 is 19.0 Å². The predicted octanol–water partition coefficient (Wildman–Crippen LogP) is 1.59. The molecule has 2 N–H and O–H groups in total. The molecule has 7 nitrogen and oxygen atoms in total. The van der Waals surface area contributed by atoms with Gasteiger partial charge in [0.05, 0.1) is 25.5 Å². The van der Waals surface area contributed by atoms with Gasteiger partial charge in [0.25, 0.3) is 11.7 Å². The molecule has 2 aromatic rings. The number of aromatic amines is 1. The van der Waals surface area contributed by atoms with Gasteiger partial charge >= 0.3 is 0 Å². The van der Waals surface area contributed by atoms with E-state index in [1.165, 1.54) is 6.26 Å². The standard InChI is InChI=1S/C20H26N4O3/c1-15(2)14-16(22-19(25)17-6-5-13-27-17)20(26)24-11-9-23(10-12-24)18-7-3-4-8-21-18/h3-8,13,15-16H,9-12,14H2,1-2H3,(H,22,25)/p+1/t16-/m0/s1. The number of aromatic nitrogens is 1. The highest BCUT2D eigenvalue weighted by molar-refractivity contribution is 5.95. The molecule has 0 spiro atoms. The molecule has 1 aliphatic heterocycles. The summed E-state index contributed by atoms with van der Waals surface area (Å²) in [5.41, 5.74) is 0. The molecule has 0 aliphatic carbocycles. The smallest absolute Gasteiger partial charge is 0.287 e. The van der Waals surface area contributed by atoms with Crippen LogP contribution in [0, 0.1) is 5.92 Å². The number of nitrogens with one attached hydrogen (secondary N) is 2. The number of carbonyl (C=O) groups is 2. The molecule has 3 rings (SSSR count). The lowest BCUT2D eigenvalue weighted by atomic mass is 10.0. The monoisotopic (exact) mass is 371 g/mol. The van der Waals surface area contributed by atoms with E-state index in [2.05, 4.69) is 15.2 Å². The lowest BCUT2D eigenvalue weighted by Crippen LogP contribution is -2.55. The fourth-order valence-corrected chi connectivity index (χ4v) is 3.30. The molecule has 144 valence electrons. The second-order valence-corrected chi connectivity index (χ2v) is 7.19. The number of rotatable bonds is 6. The van der Waals surface area contributed by atoms with Crippen molar-refractivity contribution in [3.05, 3.63) is 48.6 Å². The van der Waals surface area contributed by atoms with Gasteiger partial charge in [-0.25, -0.2) is 4.98 Å². The summed E-state index contributed by atoms with van der Waals surface area (Å²) in [4.78, 5) is 32.7. The number of hydrogen-bond donors (Lipinski definition) is 1. The maximum atomic E-state index is 13.0. The number of hydrogen-bond acceptors (Lipinski definition) is 4. The summed E-state index contributed by atoms with van der Waals surface area (Å²) in [6, 6.07) is 8.68. The largest absolute Gasteiger partial charge is 0.459 e. The summed E-state index contributed by atoms with van der Waals surface area (Å²) in [5, 5.41) is 2.85. The molecule has 0 aromatic carbocycles. The Morgan fingerprint density at radius 2 is 1.93 bits per heavy atom. The summed E-state index contributed by atoms with van der Waals surface area (Å²) in [5.74, 6) is 1.18. The van der Waals surface area contributed by atoms with Crippen LogP contribution in [0.4, 0.5) is 5.82 Å². The molecule has 27 heavy (non-hydrogen) atoms. The highest BCUT2D eigenvalue weighted by Crippen LogP contribution is 2.14. The SMILES string of the molecule is CC(C)C[C@H](NC(=O)c1ccco1)C(=O)N1CCN(c2cccc[nH+]2)CC1. The minimum atomic E-state index is -0.544. The molecule has 1 aliphatic rings. The molecule has 1 fully saturated rings. The quantitative estimate of drug-likeness (QED) is 0.836. The Morgan fingerprint density at radius 1 is 1.15 bits per heavy atom. The van der Waals surface area contributed by atoms with Crippen molar-refractivity contribution in [1.29, 1.82) is 0 Å². The average Bonchev–Trinajstić information content (AvgIpc) is 3.22. The van der Waals surface area contributed by atoms with Crippen LogP contribution in [0.3, 0.4) is 0 Å². The van der Waals surface area contributed by atoms with Crippen molar-refractivity contribution in [3.63, 3.8) is 0 Å². The first-order valence-corrected chi connectivity index (χ1v) is 9.39. The van der Waals surface area contributed by atoms with Crippen molar-refractivity contribution >= 4 is 17.6 Å². The van der Waals surface area contributed by atoms with E-state index >= 15 is 0 Å². The minimum absolute atomic E-state index is 0.0275. The number of piperazine rings is 1. The molecule has 2 amide bonds. The molecule has 2 aromatic heterocycles. The number of furan rings is 1. The second-order valence-electron chi connectivity index (χ2n) is 7.19. The Hall–Kier alpha value is -2.83. The predicted molar refractivity (Wildman–Crippen MR) is 101 cm³/mol. The number of pyridine rings is 1. The zero-order valence-electron chi connectivity index (χ0n) is 15.9. The first-order valence-electron chi connectivity index (χ1n) is 9.39. The molecule has 1 saturated heterocycles. The van der Waals surface area contributed by atoms with Crippen molar-refractivity contribution in [2.45, 2.75) is 26.3 Å². The van der Waals surface area contributed by atoms with Gasteiger partial charge in [-0.2, -0.15) is 0 Å². The van der Waals surface area contributed by atoms with Crippen LogP contribution in [-0.4, -0.2) is 48.9 Å². The van der Waals surface area contributed by atoms with Crippen LogP contribution < -0.4 is 15.2 Å². The molecule has 0 radical (unpaired) electrons. The van der Waals surface area contributed by atoms with E-state index in [9.17, 15) is 9.59 Å². The molecule has 7 heteroatoms. The summed E-state index contributed by atoms with van der Waals surface area (Å²) < 4.78 is 5.14. The maximum Gasteiger partial charge on any atom is 0.287 e. The number of nitrogens with zero attached hydrogens (tertiary/aromatic N) is 2. The Kier molecular flexibility index (Phi) is 6.11. The molecule has 0 unspecified atom stereocenters. The van der Waals surface area contributed by atoms with Crippen LogP contribution in [0.25, 0.3) is 0 Å². The fraction of sp³-hybridized carbons (Fsp3) is 0.450. The van der Waals surface area contributed by atoms with Gasteiger partial charge in [-0.1, -0.05) is 19.9 Å². The zero-order valence-corrected chi connectivity index (χ0v) is 15.9. The molecular formula is C20H27N4O3+. The molecule has 1 atom stereocenters. The third kappa shape index (κ3) is 4.87. The van der Waals surface area contributed by atoms with E-state index < -0.39 is 6.04 Å². The van der Waals surface area contributed by atoms with Gasteiger partial charge < -0.3 is 14.6 Å². The number of anilines is 1. The van der Waals surface area contributed by atoms with Crippen molar-refractivity contribution in [2.24, 2.45) is 5.92 Å². The highest BCUT2D eigenvalue weighted by Gasteiger charge is 2.32.